The molecule has 0 bridgehead atoms. The Hall–Kier alpha value is -2.04. The maximum Gasteiger partial charge on any atom is 0.303 e. The number of hydrogen-bond donors (Lipinski definition) is 2. The van der Waals surface area contributed by atoms with Gasteiger partial charge in [-0.05, 0) is 23.0 Å². The van der Waals surface area contributed by atoms with Crippen LogP contribution in [0.1, 0.15) is 39.7 Å². The maximum atomic E-state index is 11.8. The minimum atomic E-state index is -0.864. The number of para-hydroxylation sites is 1. The fourth-order valence-corrected chi connectivity index (χ4v) is 2.06. The van der Waals surface area contributed by atoms with Gasteiger partial charge in [0.2, 0.25) is 0 Å². The number of rotatable bonds is 7. The molecule has 1 unspecified atom stereocenters. The molecule has 0 aromatic heterocycles. The molecule has 0 fully saturated rings. The van der Waals surface area contributed by atoms with E-state index in [0.717, 1.165) is 5.56 Å². The topological polar surface area (TPSA) is 75.6 Å². The number of carboxylic acids is 1. The Kier molecular flexibility index (Phi) is 6.40. The molecule has 0 radical (unpaired) electrons. The van der Waals surface area contributed by atoms with Crippen molar-refractivity contribution in [2.75, 3.05) is 13.2 Å². The molecule has 5 heteroatoms. The van der Waals surface area contributed by atoms with Crippen molar-refractivity contribution in [3.8, 4) is 5.75 Å². The van der Waals surface area contributed by atoms with Gasteiger partial charge in [0, 0.05) is 13.0 Å². The number of carbonyl (C=O) groups is 2. The average molecular weight is 307 g/mol. The van der Waals surface area contributed by atoms with Gasteiger partial charge >= 0.3 is 5.97 Å². The second kappa shape index (κ2) is 7.82. The quantitative estimate of drug-likeness (QED) is 0.812. The van der Waals surface area contributed by atoms with Crippen LogP contribution in [0.25, 0.3) is 0 Å². The Labute approximate surface area is 131 Å². The monoisotopic (exact) mass is 307 g/mol. The Balaban J connectivity index is 2.50. The van der Waals surface area contributed by atoms with Gasteiger partial charge in [0.15, 0.2) is 6.61 Å². The summed E-state index contributed by atoms with van der Waals surface area (Å²) in [5.41, 5.74) is 0.977. The predicted molar refractivity (Wildman–Crippen MR) is 85.1 cm³/mol. The highest BCUT2D eigenvalue weighted by atomic mass is 16.5. The Morgan fingerprint density at radius 3 is 2.50 bits per heavy atom. The van der Waals surface area contributed by atoms with Crippen molar-refractivity contribution in [2.45, 2.75) is 39.5 Å². The average Bonchev–Trinajstić information content (AvgIpc) is 2.41. The van der Waals surface area contributed by atoms with Gasteiger partial charge in [-0.3, -0.25) is 9.59 Å². The van der Waals surface area contributed by atoms with Crippen LogP contribution in [-0.4, -0.2) is 30.1 Å². The zero-order chi connectivity index (χ0) is 16.8. The van der Waals surface area contributed by atoms with Crippen molar-refractivity contribution in [1.82, 2.24) is 5.32 Å². The zero-order valence-electron chi connectivity index (χ0n) is 13.7. The van der Waals surface area contributed by atoms with Gasteiger partial charge in [-0.25, -0.2) is 0 Å². The number of hydrogen-bond acceptors (Lipinski definition) is 3. The molecular formula is C17H25NO4. The van der Waals surface area contributed by atoms with E-state index in [1.165, 1.54) is 0 Å². The van der Waals surface area contributed by atoms with Crippen LogP contribution < -0.4 is 10.1 Å². The minimum absolute atomic E-state index is 0.0357. The van der Waals surface area contributed by atoms with Crippen LogP contribution in [0.2, 0.25) is 0 Å². The Morgan fingerprint density at radius 2 is 1.91 bits per heavy atom. The van der Waals surface area contributed by atoms with Gasteiger partial charge in [0.05, 0.1) is 0 Å². The molecule has 5 nitrogen and oxygen atoms in total. The van der Waals surface area contributed by atoms with Crippen molar-refractivity contribution in [3.63, 3.8) is 0 Å². The first kappa shape index (κ1) is 18.0. The molecular weight excluding hydrogens is 282 g/mol. The first-order valence-corrected chi connectivity index (χ1v) is 7.41. The summed E-state index contributed by atoms with van der Waals surface area (Å²) in [6, 6.07) is 7.65. The Bertz CT molecular complexity index is 520. The van der Waals surface area contributed by atoms with E-state index in [-0.39, 0.29) is 30.3 Å². The first-order valence-electron chi connectivity index (χ1n) is 7.41. The second-order valence-corrected chi connectivity index (χ2v) is 6.54. The number of carbonyl (C=O) groups excluding carboxylic acids is 1. The van der Waals surface area contributed by atoms with Gasteiger partial charge in [-0.2, -0.15) is 0 Å². The lowest BCUT2D eigenvalue weighted by Gasteiger charge is -2.22. The molecule has 1 atom stereocenters. The molecule has 1 rings (SSSR count). The predicted octanol–water partition coefficient (Wildman–Crippen LogP) is 2.59. The molecule has 0 aliphatic carbocycles. The summed E-state index contributed by atoms with van der Waals surface area (Å²) in [6.07, 6.45) is 0.0357. The van der Waals surface area contributed by atoms with E-state index in [4.69, 9.17) is 9.84 Å². The molecule has 0 heterocycles. The lowest BCUT2D eigenvalue weighted by Crippen LogP contribution is -2.33. The third kappa shape index (κ3) is 6.16. The summed E-state index contributed by atoms with van der Waals surface area (Å²) in [7, 11) is 0. The number of benzene rings is 1. The summed E-state index contributed by atoms with van der Waals surface area (Å²) in [4.78, 5) is 22.3. The van der Waals surface area contributed by atoms with Crippen LogP contribution >= 0.6 is 0 Å². The molecule has 0 aliphatic rings. The van der Waals surface area contributed by atoms with E-state index >= 15 is 0 Å². The highest BCUT2D eigenvalue weighted by Gasteiger charge is 2.19. The smallest absolute Gasteiger partial charge is 0.303 e. The number of aliphatic carboxylic acids is 1. The van der Waals surface area contributed by atoms with Gasteiger partial charge in [0.25, 0.3) is 5.91 Å². The van der Waals surface area contributed by atoms with Crippen LogP contribution in [0.5, 0.6) is 5.75 Å². The summed E-state index contributed by atoms with van der Waals surface area (Å²) in [5, 5.41) is 11.4. The van der Waals surface area contributed by atoms with Gasteiger partial charge in [-0.1, -0.05) is 45.9 Å². The van der Waals surface area contributed by atoms with Crippen molar-refractivity contribution in [3.05, 3.63) is 29.8 Å². The van der Waals surface area contributed by atoms with Crippen LogP contribution in [0, 0.1) is 5.92 Å². The molecule has 1 aromatic rings. The summed E-state index contributed by atoms with van der Waals surface area (Å²) in [5.74, 6) is -0.523. The van der Waals surface area contributed by atoms with Crippen LogP contribution in [0.3, 0.4) is 0 Å². The van der Waals surface area contributed by atoms with Gasteiger partial charge < -0.3 is 15.2 Å². The third-order valence-electron chi connectivity index (χ3n) is 3.22. The molecule has 22 heavy (non-hydrogen) atoms. The van der Waals surface area contributed by atoms with Crippen LogP contribution in [0.15, 0.2) is 24.3 Å². The fraction of sp³-hybridized carbons (Fsp3) is 0.529. The lowest BCUT2D eigenvalue weighted by atomic mass is 9.86. The highest BCUT2D eigenvalue weighted by Crippen LogP contribution is 2.30. The van der Waals surface area contributed by atoms with E-state index in [1.54, 1.807) is 6.92 Å². The Morgan fingerprint density at radius 1 is 1.27 bits per heavy atom. The van der Waals surface area contributed by atoms with Crippen LogP contribution in [0.4, 0.5) is 0 Å². The molecule has 0 saturated heterocycles. The molecule has 2 N–H and O–H groups in total. The number of carboxylic acid groups (broad SMARTS) is 1. The summed E-state index contributed by atoms with van der Waals surface area (Å²) in [6.45, 7) is 8.29. The maximum absolute atomic E-state index is 11.8. The third-order valence-corrected chi connectivity index (χ3v) is 3.22. The van der Waals surface area contributed by atoms with E-state index < -0.39 is 5.97 Å². The van der Waals surface area contributed by atoms with Crippen LogP contribution in [-0.2, 0) is 15.0 Å². The van der Waals surface area contributed by atoms with E-state index in [1.807, 2.05) is 24.3 Å². The van der Waals surface area contributed by atoms with Crippen molar-refractivity contribution in [1.29, 1.82) is 0 Å². The molecule has 122 valence electrons. The highest BCUT2D eigenvalue weighted by molar-refractivity contribution is 5.77. The number of amides is 1. The normalized spacial score (nSPS) is 12.5. The summed E-state index contributed by atoms with van der Waals surface area (Å²) >= 11 is 0. The minimum Gasteiger partial charge on any atom is -0.483 e. The SMILES string of the molecule is CC(CNC(=O)COc1ccccc1C(C)(C)C)CC(=O)O. The number of ether oxygens (including phenoxy) is 1. The van der Waals surface area contributed by atoms with Gasteiger partial charge in [-0.15, -0.1) is 0 Å². The van der Waals surface area contributed by atoms with Crippen molar-refractivity contribution in [2.24, 2.45) is 5.92 Å². The largest absolute Gasteiger partial charge is 0.483 e. The molecule has 0 aliphatic heterocycles. The van der Waals surface area contributed by atoms with Crippen molar-refractivity contribution < 1.29 is 19.4 Å². The molecule has 0 saturated carbocycles. The van der Waals surface area contributed by atoms with E-state index in [0.29, 0.717) is 12.3 Å². The van der Waals surface area contributed by atoms with Crippen molar-refractivity contribution >= 4 is 11.9 Å². The van der Waals surface area contributed by atoms with Gasteiger partial charge in [0.1, 0.15) is 5.75 Å². The lowest BCUT2D eigenvalue weighted by molar-refractivity contribution is -0.138. The molecule has 1 amide bonds. The van der Waals surface area contributed by atoms with E-state index in [2.05, 4.69) is 26.1 Å². The fourth-order valence-electron chi connectivity index (χ4n) is 2.06. The summed E-state index contributed by atoms with van der Waals surface area (Å²) < 4.78 is 5.61. The van der Waals surface area contributed by atoms with E-state index in [9.17, 15) is 9.59 Å². The standard InChI is InChI=1S/C17H25NO4/c1-12(9-16(20)21)10-18-15(19)11-22-14-8-6-5-7-13(14)17(2,3)4/h5-8,12H,9-11H2,1-4H3,(H,18,19)(H,20,21). The number of nitrogens with one attached hydrogen (secondary N) is 1. The first-order chi connectivity index (χ1) is 10.2. The second-order valence-electron chi connectivity index (χ2n) is 6.54. The zero-order valence-corrected chi connectivity index (χ0v) is 13.7. The molecule has 1 aromatic carbocycles. The molecule has 0 spiro atoms.